The van der Waals surface area contributed by atoms with Gasteiger partial charge in [0.15, 0.2) is 6.10 Å². The maximum Gasteiger partial charge on any atom is 0.339 e. The number of para-hydroxylation sites is 1. The normalized spacial score (nSPS) is 15.7. The Hall–Kier alpha value is -3.15. The van der Waals surface area contributed by atoms with Crippen molar-refractivity contribution in [2.45, 2.75) is 32.3 Å². The Morgan fingerprint density at radius 1 is 1.19 bits per heavy atom. The average molecular weight is 367 g/mol. The van der Waals surface area contributed by atoms with Gasteiger partial charge in [-0.3, -0.25) is 4.79 Å². The zero-order chi connectivity index (χ0) is 19.6. The summed E-state index contributed by atoms with van der Waals surface area (Å²) in [6.45, 7) is 4.13. The van der Waals surface area contributed by atoms with E-state index in [0.29, 0.717) is 17.2 Å². The fourth-order valence-electron chi connectivity index (χ4n) is 3.01. The fraction of sp³-hybridized carbons (Fsp3) is 0.286. The number of carbonyl (C=O) groups excluding carboxylic acids is 3. The first-order chi connectivity index (χ1) is 12.9. The molecule has 0 aromatic heterocycles. The molecule has 1 heterocycles. The highest BCUT2D eigenvalue weighted by Gasteiger charge is 2.32. The highest BCUT2D eigenvalue weighted by molar-refractivity contribution is 6.04. The first-order valence-corrected chi connectivity index (χ1v) is 8.72. The molecule has 2 aromatic rings. The number of hydrogen-bond donors (Lipinski definition) is 1. The number of anilines is 1. The zero-order valence-corrected chi connectivity index (χ0v) is 15.4. The number of nitrogens with one attached hydrogen (secondary N) is 1. The van der Waals surface area contributed by atoms with Gasteiger partial charge < -0.3 is 14.8 Å². The van der Waals surface area contributed by atoms with E-state index in [4.69, 9.17) is 9.47 Å². The quantitative estimate of drug-likeness (QED) is 0.839. The standard InChI is InChI=1S/C21H21NO5/c1-12(2)13-8-9-15-14(10-13)11-18(27-21(15)25)19(23)22-17-7-5-4-6-16(17)20(24)26-3/h4-10,12,18H,11H2,1-3H3,(H,22,23). The number of benzene rings is 2. The summed E-state index contributed by atoms with van der Waals surface area (Å²) in [5, 5.41) is 2.67. The van der Waals surface area contributed by atoms with E-state index in [1.807, 2.05) is 12.1 Å². The molecule has 2 aromatic carbocycles. The number of methoxy groups -OCH3 is 1. The molecule has 1 unspecified atom stereocenters. The van der Waals surface area contributed by atoms with Crippen molar-refractivity contribution < 1.29 is 23.9 Å². The van der Waals surface area contributed by atoms with Crippen LogP contribution < -0.4 is 5.32 Å². The van der Waals surface area contributed by atoms with E-state index in [2.05, 4.69) is 19.2 Å². The Bertz CT molecular complexity index is 903. The van der Waals surface area contributed by atoms with Crippen LogP contribution in [0.1, 0.15) is 51.6 Å². The number of cyclic esters (lactones) is 1. The van der Waals surface area contributed by atoms with Crippen molar-refractivity contribution in [3.63, 3.8) is 0 Å². The Balaban J connectivity index is 1.82. The second-order valence-corrected chi connectivity index (χ2v) is 6.70. The third kappa shape index (κ3) is 3.84. The predicted molar refractivity (Wildman–Crippen MR) is 99.8 cm³/mol. The van der Waals surface area contributed by atoms with E-state index in [9.17, 15) is 14.4 Å². The Kier molecular flexibility index (Phi) is 5.26. The van der Waals surface area contributed by atoms with Gasteiger partial charge in [0.25, 0.3) is 5.91 Å². The first kappa shape index (κ1) is 18.6. The minimum atomic E-state index is -0.960. The molecule has 27 heavy (non-hydrogen) atoms. The predicted octanol–water partition coefficient (Wildman–Crippen LogP) is 3.32. The van der Waals surface area contributed by atoms with Crippen LogP contribution in [0.15, 0.2) is 42.5 Å². The molecule has 0 saturated heterocycles. The number of amides is 1. The van der Waals surface area contributed by atoms with Gasteiger partial charge >= 0.3 is 11.9 Å². The summed E-state index contributed by atoms with van der Waals surface area (Å²) in [6.07, 6.45) is -0.675. The lowest BCUT2D eigenvalue weighted by Crippen LogP contribution is -2.38. The zero-order valence-electron chi connectivity index (χ0n) is 15.4. The maximum atomic E-state index is 12.7. The van der Waals surface area contributed by atoms with Crippen LogP contribution in [-0.2, 0) is 20.7 Å². The van der Waals surface area contributed by atoms with Crippen LogP contribution in [0.5, 0.6) is 0 Å². The van der Waals surface area contributed by atoms with Gasteiger partial charge in [-0.2, -0.15) is 0 Å². The van der Waals surface area contributed by atoms with Crippen molar-refractivity contribution in [1.82, 2.24) is 0 Å². The van der Waals surface area contributed by atoms with E-state index in [-0.39, 0.29) is 12.0 Å². The van der Waals surface area contributed by atoms with E-state index in [1.165, 1.54) is 7.11 Å². The third-order valence-corrected chi connectivity index (χ3v) is 4.55. The van der Waals surface area contributed by atoms with Gasteiger partial charge in [0.1, 0.15) is 0 Å². The molecule has 0 bridgehead atoms. The molecule has 0 aliphatic carbocycles. The van der Waals surface area contributed by atoms with Crippen LogP contribution in [0.3, 0.4) is 0 Å². The summed E-state index contributed by atoms with van der Waals surface area (Å²) in [5.41, 5.74) is 2.92. The molecule has 1 atom stereocenters. The third-order valence-electron chi connectivity index (χ3n) is 4.55. The van der Waals surface area contributed by atoms with Gasteiger partial charge in [-0.05, 0) is 35.2 Å². The molecule has 140 valence electrons. The molecule has 0 saturated carbocycles. The number of fused-ring (bicyclic) bond motifs is 1. The smallest absolute Gasteiger partial charge is 0.339 e. The number of rotatable bonds is 4. The maximum absolute atomic E-state index is 12.7. The molecule has 1 aliphatic rings. The first-order valence-electron chi connectivity index (χ1n) is 8.72. The van der Waals surface area contributed by atoms with Crippen molar-refractivity contribution >= 4 is 23.5 Å². The van der Waals surface area contributed by atoms with Crippen LogP contribution in [-0.4, -0.2) is 31.1 Å². The van der Waals surface area contributed by atoms with Crippen LogP contribution in [0.4, 0.5) is 5.69 Å². The molecule has 1 aliphatic heterocycles. The molecular formula is C21H21NO5. The van der Waals surface area contributed by atoms with Crippen LogP contribution in [0, 0.1) is 0 Å². The second-order valence-electron chi connectivity index (χ2n) is 6.70. The van der Waals surface area contributed by atoms with Crippen molar-refractivity contribution in [3.05, 3.63) is 64.7 Å². The Morgan fingerprint density at radius 3 is 2.63 bits per heavy atom. The van der Waals surface area contributed by atoms with Crippen LogP contribution in [0.2, 0.25) is 0 Å². The summed E-state index contributed by atoms with van der Waals surface area (Å²) in [4.78, 5) is 36.8. The number of esters is 2. The molecule has 6 heteroatoms. The van der Waals surface area contributed by atoms with Crippen LogP contribution >= 0.6 is 0 Å². The Morgan fingerprint density at radius 2 is 1.93 bits per heavy atom. The number of ether oxygens (including phenoxy) is 2. The van der Waals surface area contributed by atoms with Crippen molar-refractivity contribution in [2.24, 2.45) is 0 Å². The van der Waals surface area contributed by atoms with E-state index >= 15 is 0 Å². The molecule has 0 fully saturated rings. The van der Waals surface area contributed by atoms with Gasteiger partial charge in [-0.1, -0.05) is 38.1 Å². The molecular weight excluding hydrogens is 346 g/mol. The van der Waals surface area contributed by atoms with E-state index in [0.717, 1.165) is 11.1 Å². The van der Waals surface area contributed by atoms with Gasteiger partial charge in [0.05, 0.1) is 23.9 Å². The summed E-state index contributed by atoms with van der Waals surface area (Å²) in [5.74, 6) is -1.25. The molecule has 3 rings (SSSR count). The van der Waals surface area contributed by atoms with E-state index in [1.54, 1.807) is 30.3 Å². The largest absolute Gasteiger partial charge is 0.465 e. The van der Waals surface area contributed by atoms with Crippen molar-refractivity contribution in [1.29, 1.82) is 0 Å². The highest BCUT2D eigenvalue weighted by atomic mass is 16.5. The molecule has 6 nitrogen and oxygen atoms in total. The lowest BCUT2D eigenvalue weighted by atomic mass is 9.92. The molecule has 1 N–H and O–H groups in total. The summed E-state index contributed by atoms with van der Waals surface area (Å²) < 4.78 is 10.0. The summed E-state index contributed by atoms with van der Waals surface area (Å²) >= 11 is 0. The average Bonchev–Trinajstić information content (AvgIpc) is 2.67. The lowest BCUT2D eigenvalue weighted by molar-refractivity contribution is -0.125. The fourth-order valence-corrected chi connectivity index (χ4v) is 3.01. The van der Waals surface area contributed by atoms with Gasteiger partial charge in [-0.15, -0.1) is 0 Å². The van der Waals surface area contributed by atoms with Gasteiger partial charge in [0, 0.05) is 6.42 Å². The van der Waals surface area contributed by atoms with Crippen molar-refractivity contribution in [2.75, 3.05) is 12.4 Å². The van der Waals surface area contributed by atoms with Crippen molar-refractivity contribution in [3.8, 4) is 0 Å². The topological polar surface area (TPSA) is 81.7 Å². The number of hydrogen-bond acceptors (Lipinski definition) is 5. The monoisotopic (exact) mass is 367 g/mol. The molecule has 0 spiro atoms. The minimum Gasteiger partial charge on any atom is -0.465 e. The summed E-state index contributed by atoms with van der Waals surface area (Å²) in [7, 11) is 1.27. The molecule has 1 amide bonds. The van der Waals surface area contributed by atoms with Gasteiger partial charge in [0.2, 0.25) is 0 Å². The Labute approximate surface area is 157 Å². The number of carbonyl (C=O) groups is 3. The van der Waals surface area contributed by atoms with Gasteiger partial charge in [-0.25, -0.2) is 9.59 Å². The lowest BCUT2D eigenvalue weighted by Gasteiger charge is -2.25. The minimum absolute atomic E-state index is 0.234. The van der Waals surface area contributed by atoms with E-state index < -0.39 is 23.9 Å². The van der Waals surface area contributed by atoms with Crippen LogP contribution in [0.25, 0.3) is 0 Å². The second kappa shape index (κ2) is 7.61. The summed E-state index contributed by atoms with van der Waals surface area (Å²) in [6, 6.07) is 12.1. The highest BCUT2D eigenvalue weighted by Crippen LogP contribution is 2.26. The molecule has 0 radical (unpaired) electrons. The SMILES string of the molecule is COC(=O)c1ccccc1NC(=O)C1Cc2cc(C(C)C)ccc2C(=O)O1.